The molecule has 0 saturated carbocycles. The minimum atomic E-state index is -3.81. The topological polar surface area (TPSA) is 47.7 Å². The van der Waals surface area contributed by atoms with Crippen LogP contribution in [-0.2, 0) is 9.84 Å². The maximum Gasteiger partial charge on any atom is 0.283 e. The van der Waals surface area contributed by atoms with Gasteiger partial charge in [0.05, 0.1) is 18.6 Å². The molecule has 0 heterocycles. The molecule has 2 aromatic rings. The van der Waals surface area contributed by atoms with Gasteiger partial charge in [0.25, 0.3) is 5.03 Å². The van der Waals surface area contributed by atoms with E-state index in [1.807, 2.05) is 6.92 Å². The summed E-state index contributed by atoms with van der Waals surface area (Å²) in [5, 5.41) is -0.304. The predicted octanol–water partition coefficient (Wildman–Crippen LogP) is 3.70. The molecule has 2 rings (SSSR count). The molecule has 0 atom stereocenters. The fourth-order valence-electron chi connectivity index (χ4n) is 1.85. The third-order valence-electron chi connectivity index (χ3n) is 3.12. The van der Waals surface area contributed by atoms with Crippen LogP contribution in [0.5, 0.6) is 5.75 Å². The molecule has 0 spiro atoms. The second kappa shape index (κ2) is 6.46. The van der Waals surface area contributed by atoms with Crippen molar-refractivity contribution in [2.24, 2.45) is 0 Å². The first kappa shape index (κ1) is 15.8. The standard InChI is InChI=1S/C17H15NO3S/c1-13-4-10-16(11-5-13)22(19,20)17(18-2)12-14-6-8-15(21-3)9-7-14/h4-12H,1,3H3. The average Bonchev–Trinajstić information content (AvgIpc) is 2.53. The van der Waals surface area contributed by atoms with Crippen LogP contribution in [0.15, 0.2) is 58.5 Å². The maximum atomic E-state index is 12.5. The van der Waals surface area contributed by atoms with Crippen LogP contribution >= 0.6 is 0 Å². The number of aryl methyl sites for hydroxylation is 1. The number of hydrogen-bond donors (Lipinski definition) is 0. The van der Waals surface area contributed by atoms with Gasteiger partial charge in [0.15, 0.2) is 0 Å². The SMILES string of the molecule is [C-]#[N+]C(=Cc1ccc(OC)cc1)S(=O)(=O)c1ccc(C)cc1. The third kappa shape index (κ3) is 3.35. The molecule has 0 amide bonds. The van der Waals surface area contributed by atoms with E-state index in [0.717, 1.165) is 5.56 Å². The van der Waals surface area contributed by atoms with E-state index in [1.165, 1.54) is 18.2 Å². The summed E-state index contributed by atoms with van der Waals surface area (Å²) in [6.07, 6.45) is 1.36. The fourth-order valence-corrected chi connectivity index (χ4v) is 3.00. The second-order valence-electron chi connectivity index (χ2n) is 4.68. The van der Waals surface area contributed by atoms with Crippen molar-refractivity contribution >= 4 is 15.9 Å². The largest absolute Gasteiger partial charge is 0.497 e. The molecule has 0 aliphatic carbocycles. The number of sulfone groups is 1. The van der Waals surface area contributed by atoms with Gasteiger partial charge >= 0.3 is 0 Å². The Morgan fingerprint density at radius 2 is 1.68 bits per heavy atom. The minimum absolute atomic E-state index is 0.119. The van der Waals surface area contributed by atoms with Crippen LogP contribution in [0.3, 0.4) is 0 Å². The van der Waals surface area contributed by atoms with Crippen molar-refractivity contribution < 1.29 is 13.2 Å². The molecule has 0 aliphatic heterocycles. The fraction of sp³-hybridized carbons (Fsp3) is 0.118. The molecule has 0 fully saturated rings. The summed E-state index contributed by atoms with van der Waals surface area (Å²) in [5.74, 6) is 0.669. The zero-order valence-electron chi connectivity index (χ0n) is 12.3. The average molecular weight is 313 g/mol. The summed E-state index contributed by atoms with van der Waals surface area (Å²) in [4.78, 5) is 3.31. The van der Waals surface area contributed by atoms with Gasteiger partial charge < -0.3 is 4.74 Å². The molecule has 0 saturated heterocycles. The maximum absolute atomic E-state index is 12.5. The highest BCUT2D eigenvalue weighted by atomic mass is 32.2. The minimum Gasteiger partial charge on any atom is -0.497 e. The van der Waals surface area contributed by atoms with Crippen LogP contribution in [0.2, 0.25) is 0 Å². The Balaban J connectivity index is 2.43. The number of ether oxygens (including phenoxy) is 1. The van der Waals surface area contributed by atoms with Crippen LogP contribution in [0, 0.1) is 13.5 Å². The van der Waals surface area contributed by atoms with Crippen molar-refractivity contribution in [2.75, 3.05) is 7.11 Å². The van der Waals surface area contributed by atoms with Crippen LogP contribution in [0.4, 0.5) is 0 Å². The smallest absolute Gasteiger partial charge is 0.283 e. The molecule has 0 aromatic heterocycles. The molecule has 0 radical (unpaired) electrons. The van der Waals surface area contributed by atoms with Crippen LogP contribution in [-0.4, -0.2) is 15.5 Å². The lowest BCUT2D eigenvalue weighted by atomic mass is 10.2. The van der Waals surface area contributed by atoms with Crippen molar-refractivity contribution in [3.8, 4) is 5.75 Å². The van der Waals surface area contributed by atoms with Gasteiger partial charge in [-0.25, -0.2) is 13.3 Å². The zero-order chi connectivity index (χ0) is 16.2. The van der Waals surface area contributed by atoms with Gasteiger partial charge in [-0.3, -0.25) is 0 Å². The Hall–Kier alpha value is -2.58. The highest BCUT2D eigenvalue weighted by Gasteiger charge is 2.21. The van der Waals surface area contributed by atoms with E-state index >= 15 is 0 Å². The normalized spacial score (nSPS) is 11.8. The monoisotopic (exact) mass is 313 g/mol. The van der Waals surface area contributed by atoms with E-state index in [2.05, 4.69) is 4.85 Å². The van der Waals surface area contributed by atoms with E-state index < -0.39 is 9.84 Å². The molecule has 2 aromatic carbocycles. The first-order chi connectivity index (χ1) is 10.5. The summed E-state index contributed by atoms with van der Waals surface area (Å²) >= 11 is 0. The number of rotatable bonds is 4. The molecule has 0 bridgehead atoms. The second-order valence-corrected chi connectivity index (χ2v) is 6.58. The van der Waals surface area contributed by atoms with Crippen LogP contribution < -0.4 is 4.74 Å². The van der Waals surface area contributed by atoms with E-state index in [9.17, 15) is 8.42 Å². The number of hydrogen-bond acceptors (Lipinski definition) is 3. The Bertz CT molecular complexity index is 827. The Morgan fingerprint density at radius 3 is 2.18 bits per heavy atom. The van der Waals surface area contributed by atoms with Gasteiger partial charge in [0.1, 0.15) is 5.75 Å². The summed E-state index contributed by atoms with van der Waals surface area (Å²) < 4.78 is 30.0. The summed E-state index contributed by atoms with van der Waals surface area (Å²) in [7, 11) is -2.25. The molecule has 5 heteroatoms. The van der Waals surface area contributed by atoms with Crippen molar-refractivity contribution in [3.05, 3.63) is 76.1 Å². The molecular weight excluding hydrogens is 298 g/mol. The zero-order valence-corrected chi connectivity index (χ0v) is 13.1. The summed E-state index contributed by atoms with van der Waals surface area (Å²) in [5.41, 5.74) is 1.59. The quantitative estimate of drug-likeness (QED) is 0.809. The lowest BCUT2D eigenvalue weighted by Gasteiger charge is -2.04. The van der Waals surface area contributed by atoms with E-state index in [1.54, 1.807) is 43.5 Å². The first-order valence-electron chi connectivity index (χ1n) is 6.52. The van der Waals surface area contributed by atoms with Crippen molar-refractivity contribution in [1.29, 1.82) is 0 Å². The first-order valence-corrected chi connectivity index (χ1v) is 8.00. The Kier molecular flexibility index (Phi) is 4.64. The Labute approximate surface area is 130 Å². The molecule has 112 valence electrons. The third-order valence-corrected chi connectivity index (χ3v) is 4.78. The Morgan fingerprint density at radius 1 is 1.09 bits per heavy atom. The van der Waals surface area contributed by atoms with Crippen LogP contribution in [0.25, 0.3) is 10.9 Å². The molecule has 0 unspecified atom stereocenters. The highest BCUT2D eigenvalue weighted by molar-refractivity contribution is 7.95. The van der Waals surface area contributed by atoms with Crippen LogP contribution in [0.1, 0.15) is 11.1 Å². The lowest BCUT2D eigenvalue weighted by Crippen LogP contribution is -2.02. The van der Waals surface area contributed by atoms with E-state index in [0.29, 0.717) is 11.3 Å². The molecule has 0 N–H and O–H groups in total. The molecule has 22 heavy (non-hydrogen) atoms. The predicted molar refractivity (Wildman–Crippen MR) is 85.9 cm³/mol. The summed E-state index contributed by atoms with van der Waals surface area (Å²) in [6, 6.07) is 13.3. The molecular formula is C17H15NO3S. The van der Waals surface area contributed by atoms with Crippen molar-refractivity contribution in [3.63, 3.8) is 0 Å². The van der Waals surface area contributed by atoms with E-state index in [4.69, 9.17) is 11.3 Å². The van der Waals surface area contributed by atoms with Gasteiger partial charge in [-0.15, -0.1) is 0 Å². The van der Waals surface area contributed by atoms with Gasteiger partial charge in [-0.05, 0) is 42.8 Å². The van der Waals surface area contributed by atoms with Crippen molar-refractivity contribution in [1.82, 2.24) is 0 Å². The number of benzene rings is 2. The van der Waals surface area contributed by atoms with Gasteiger partial charge in [-0.1, -0.05) is 29.8 Å². The molecule has 4 nitrogen and oxygen atoms in total. The van der Waals surface area contributed by atoms with Gasteiger partial charge in [0, 0.05) is 0 Å². The van der Waals surface area contributed by atoms with Gasteiger partial charge in [0.2, 0.25) is 9.84 Å². The number of methoxy groups -OCH3 is 1. The summed E-state index contributed by atoms with van der Waals surface area (Å²) in [6.45, 7) is 9.06. The van der Waals surface area contributed by atoms with E-state index in [-0.39, 0.29) is 9.92 Å². The lowest BCUT2D eigenvalue weighted by molar-refractivity contribution is 0.415. The molecule has 0 aliphatic rings. The van der Waals surface area contributed by atoms with Gasteiger partial charge in [-0.2, -0.15) is 0 Å². The van der Waals surface area contributed by atoms with Crippen molar-refractivity contribution in [2.45, 2.75) is 11.8 Å². The highest BCUT2D eigenvalue weighted by Crippen LogP contribution is 2.23. The number of nitrogens with zero attached hydrogens (tertiary/aromatic N) is 1.